The molecule has 0 amide bonds. The number of fused-ring (bicyclic) bond motifs is 1. The lowest BCUT2D eigenvalue weighted by atomic mass is 9.93. The maximum absolute atomic E-state index is 14.3. The fourth-order valence-corrected chi connectivity index (χ4v) is 6.59. The van der Waals surface area contributed by atoms with Crippen LogP contribution in [0.25, 0.3) is 11.8 Å². The van der Waals surface area contributed by atoms with E-state index >= 15 is 0 Å². The van der Waals surface area contributed by atoms with Crippen LogP contribution in [0.1, 0.15) is 52.5 Å². The Morgan fingerprint density at radius 1 is 0.918 bits per heavy atom. The van der Waals surface area contributed by atoms with Gasteiger partial charge in [-0.25, -0.2) is 19.0 Å². The predicted octanol–water partition coefficient (Wildman–Crippen LogP) is 6.48. The predicted molar refractivity (Wildman–Crippen MR) is 186 cm³/mol. The molecular formula is C38H30ClFN2O6S. The summed E-state index contributed by atoms with van der Waals surface area (Å²) in [6.07, 6.45) is 1.67. The van der Waals surface area contributed by atoms with Gasteiger partial charge in [-0.1, -0.05) is 77.5 Å². The smallest absolute Gasteiger partial charge is 0.338 e. The second-order valence-corrected chi connectivity index (χ2v) is 12.3. The van der Waals surface area contributed by atoms with E-state index in [4.69, 9.17) is 30.8 Å². The molecule has 6 rings (SSSR count). The zero-order valence-electron chi connectivity index (χ0n) is 26.5. The molecule has 2 heterocycles. The van der Waals surface area contributed by atoms with Crippen molar-refractivity contribution < 1.29 is 28.2 Å². The highest BCUT2D eigenvalue weighted by molar-refractivity contribution is 7.07. The van der Waals surface area contributed by atoms with Crippen LogP contribution in [0.5, 0.6) is 5.75 Å². The first-order chi connectivity index (χ1) is 23.8. The molecule has 1 aliphatic heterocycles. The Morgan fingerprint density at radius 2 is 1.61 bits per heavy atom. The maximum Gasteiger partial charge on any atom is 0.338 e. The number of benzene rings is 4. The Balaban J connectivity index is 1.45. The van der Waals surface area contributed by atoms with Gasteiger partial charge in [0.05, 0.1) is 40.6 Å². The molecule has 49 heavy (non-hydrogen) atoms. The minimum atomic E-state index is -0.944. The Kier molecular flexibility index (Phi) is 10.2. The van der Waals surface area contributed by atoms with Crippen LogP contribution in [-0.2, 0) is 20.9 Å². The summed E-state index contributed by atoms with van der Waals surface area (Å²) in [6.45, 7) is 4.03. The molecule has 0 bridgehead atoms. The highest BCUT2D eigenvalue weighted by Crippen LogP contribution is 2.35. The highest BCUT2D eigenvalue weighted by Gasteiger charge is 2.35. The summed E-state index contributed by atoms with van der Waals surface area (Å²) < 4.78 is 32.5. The third kappa shape index (κ3) is 7.25. The number of aromatic nitrogens is 1. The first-order valence-electron chi connectivity index (χ1n) is 15.5. The standard InChI is InChI=1S/C38H30ClFN2O6S/c1-3-46-36(44)26-12-10-23(11-13-26)22-48-30-19-16-28(39)20-27(30)21-31-35(43)42-34(25-14-17-29(40)18-15-25)32(37(45)47-4-2)33(41-38(42)49-31)24-8-6-5-7-9-24/h5-21,34H,3-4,22H2,1-2H3/b31-21-/t34-/m0/s1. The van der Waals surface area contributed by atoms with E-state index in [9.17, 15) is 18.8 Å². The van der Waals surface area contributed by atoms with Crippen molar-refractivity contribution in [1.82, 2.24) is 4.57 Å². The van der Waals surface area contributed by atoms with Gasteiger partial charge in [0.1, 0.15) is 18.2 Å². The fraction of sp³-hybridized carbons (Fsp3) is 0.158. The summed E-state index contributed by atoms with van der Waals surface area (Å²) >= 11 is 7.54. The average molecular weight is 697 g/mol. The third-order valence-electron chi connectivity index (χ3n) is 7.68. The van der Waals surface area contributed by atoms with Crippen LogP contribution in [0.4, 0.5) is 4.39 Å². The van der Waals surface area contributed by atoms with Gasteiger partial charge in [-0.3, -0.25) is 9.36 Å². The van der Waals surface area contributed by atoms with Gasteiger partial charge < -0.3 is 14.2 Å². The van der Waals surface area contributed by atoms with E-state index in [1.807, 2.05) is 30.3 Å². The van der Waals surface area contributed by atoms with Crippen molar-refractivity contribution >= 4 is 46.6 Å². The van der Waals surface area contributed by atoms with Crippen LogP contribution in [0.3, 0.4) is 0 Å². The summed E-state index contributed by atoms with van der Waals surface area (Å²) in [5.74, 6) is -1.01. The van der Waals surface area contributed by atoms with Crippen molar-refractivity contribution in [2.24, 2.45) is 4.99 Å². The van der Waals surface area contributed by atoms with E-state index in [-0.39, 0.29) is 25.4 Å². The number of nitrogens with zero attached hydrogens (tertiary/aromatic N) is 2. The van der Waals surface area contributed by atoms with E-state index in [0.717, 1.165) is 16.9 Å². The number of esters is 2. The van der Waals surface area contributed by atoms with Gasteiger partial charge in [0.15, 0.2) is 4.80 Å². The van der Waals surface area contributed by atoms with E-state index in [1.54, 1.807) is 74.5 Å². The van der Waals surface area contributed by atoms with E-state index in [0.29, 0.717) is 48.1 Å². The second-order valence-electron chi connectivity index (χ2n) is 10.9. The number of hydrogen-bond acceptors (Lipinski definition) is 8. The first-order valence-corrected chi connectivity index (χ1v) is 16.7. The van der Waals surface area contributed by atoms with E-state index < -0.39 is 29.4 Å². The molecule has 1 atom stereocenters. The molecule has 0 saturated heterocycles. The molecule has 0 spiro atoms. The average Bonchev–Trinajstić information content (AvgIpc) is 3.42. The summed E-state index contributed by atoms with van der Waals surface area (Å²) in [5.41, 5.74) is 3.10. The van der Waals surface area contributed by atoms with Gasteiger partial charge in [-0.15, -0.1) is 0 Å². The van der Waals surface area contributed by atoms with E-state index in [1.165, 1.54) is 16.7 Å². The first kappa shape index (κ1) is 33.6. The summed E-state index contributed by atoms with van der Waals surface area (Å²) in [5, 5.41) is 0.435. The van der Waals surface area contributed by atoms with Crippen LogP contribution in [0.2, 0.25) is 5.02 Å². The monoisotopic (exact) mass is 696 g/mol. The SMILES string of the molecule is CCOC(=O)C1=C(c2ccccc2)N=c2s/c(=C\c3cc(Cl)ccc3OCc3ccc(C(=O)OCC)cc3)c(=O)n2[C@H]1c1ccc(F)cc1. The lowest BCUT2D eigenvalue weighted by Gasteiger charge is -2.25. The molecule has 248 valence electrons. The molecule has 0 saturated carbocycles. The minimum absolute atomic E-state index is 0.109. The van der Waals surface area contributed by atoms with Crippen LogP contribution in [-0.4, -0.2) is 29.7 Å². The van der Waals surface area contributed by atoms with Gasteiger partial charge in [0.2, 0.25) is 0 Å². The summed E-state index contributed by atoms with van der Waals surface area (Å²) in [7, 11) is 0. The molecule has 0 fully saturated rings. The molecule has 0 radical (unpaired) electrons. The Hall–Kier alpha value is -5.32. The topological polar surface area (TPSA) is 96.2 Å². The molecule has 8 nitrogen and oxygen atoms in total. The molecule has 1 aliphatic rings. The summed E-state index contributed by atoms with van der Waals surface area (Å²) in [4.78, 5) is 45.1. The second kappa shape index (κ2) is 14.8. The van der Waals surface area contributed by atoms with Gasteiger partial charge in [-0.05, 0) is 73.5 Å². The van der Waals surface area contributed by atoms with Gasteiger partial charge >= 0.3 is 11.9 Å². The molecule has 4 aromatic carbocycles. The number of carbonyl (C=O) groups is 2. The van der Waals surface area contributed by atoms with Crippen molar-refractivity contribution in [2.45, 2.75) is 26.5 Å². The number of ether oxygens (including phenoxy) is 3. The number of thiazole rings is 1. The van der Waals surface area contributed by atoms with Crippen molar-refractivity contribution in [3.8, 4) is 5.75 Å². The zero-order chi connectivity index (χ0) is 34.5. The normalized spacial score (nSPS) is 14.2. The van der Waals surface area contributed by atoms with Gasteiger partial charge in [0, 0.05) is 16.1 Å². The lowest BCUT2D eigenvalue weighted by Crippen LogP contribution is -2.40. The maximum atomic E-state index is 14.3. The largest absolute Gasteiger partial charge is 0.488 e. The lowest BCUT2D eigenvalue weighted by molar-refractivity contribution is -0.138. The molecule has 1 aromatic heterocycles. The Bertz CT molecular complexity index is 2230. The zero-order valence-corrected chi connectivity index (χ0v) is 28.1. The van der Waals surface area contributed by atoms with Gasteiger partial charge in [0.25, 0.3) is 5.56 Å². The van der Waals surface area contributed by atoms with Crippen LogP contribution in [0, 0.1) is 5.82 Å². The number of halogens is 2. The molecular weight excluding hydrogens is 667 g/mol. The van der Waals surface area contributed by atoms with E-state index in [2.05, 4.69) is 0 Å². The quantitative estimate of drug-likeness (QED) is 0.155. The Labute approximate surface area is 290 Å². The number of hydrogen-bond donors (Lipinski definition) is 0. The summed E-state index contributed by atoms with van der Waals surface area (Å²) in [6, 6.07) is 25.9. The molecule has 0 unspecified atom stereocenters. The van der Waals surface area contributed by atoms with Crippen LogP contribution < -0.4 is 19.6 Å². The van der Waals surface area contributed by atoms with Gasteiger partial charge in [-0.2, -0.15) is 0 Å². The van der Waals surface area contributed by atoms with Crippen molar-refractivity contribution in [3.05, 3.63) is 161 Å². The number of rotatable bonds is 10. The Morgan fingerprint density at radius 3 is 2.31 bits per heavy atom. The highest BCUT2D eigenvalue weighted by atomic mass is 35.5. The molecule has 11 heteroatoms. The van der Waals surface area contributed by atoms with Crippen molar-refractivity contribution in [2.75, 3.05) is 13.2 Å². The van der Waals surface area contributed by atoms with Crippen LogP contribution >= 0.6 is 22.9 Å². The van der Waals surface area contributed by atoms with Crippen molar-refractivity contribution in [1.29, 1.82) is 0 Å². The van der Waals surface area contributed by atoms with Crippen LogP contribution in [0.15, 0.2) is 112 Å². The molecule has 0 N–H and O–H groups in total. The third-order valence-corrected chi connectivity index (χ3v) is 8.90. The minimum Gasteiger partial charge on any atom is -0.488 e. The van der Waals surface area contributed by atoms with Crippen molar-refractivity contribution in [3.63, 3.8) is 0 Å². The molecule has 0 aliphatic carbocycles. The number of carbonyl (C=O) groups excluding carboxylic acids is 2. The fourth-order valence-electron chi connectivity index (χ4n) is 5.42. The molecule has 5 aromatic rings.